The van der Waals surface area contributed by atoms with Gasteiger partial charge < -0.3 is 14.2 Å². The van der Waals surface area contributed by atoms with Gasteiger partial charge in [-0.15, -0.1) is 0 Å². The molecular weight excluding hydrogens is 1010 g/mol. The van der Waals surface area contributed by atoms with Crippen LogP contribution in [0.2, 0.25) is 0 Å². The second-order valence-corrected chi connectivity index (χ2v) is 21.3. The highest BCUT2D eigenvalue weighted by molar-refractivity contribution is 5.71. The molecule has 0 aromatic carbocycles. The number of carbonyl (C=O) groups excluding carboxylic acids is 3. The molecule has 0 spiro atoms. The molecule has 0 heterocycles. The number of allylic oxidation sites excluding steroid dienone is 28. The second kappa shape index (κ2) is 68.3. The molecule has 1 atom stereocenters. The largest absolute Gasteiger partial charge is 0.462 e. The Bertz CT molecular complexity index is 1870. The summed E-state index contributed by atoms with van der Waals surface area (Å²) in [5, 5.41) is 0. The molecule has 0 saturated heterocycles. The van der Waals surface area contributed by atoms with Crippen molar-refractivity contribution in [2.45, 2.75) is 277 Å². The fraction of sp³-hybridized carbons (Fsp3) is 0.592. The zero-order chi connectivity index (χ0) is 59.2. The van der Waals surface area contributed by atoms with Crippen molar-refractivity contribution < 1.29 is 28.6 Å². The van der Waals surface area contributed by atoms with E-state index in [4.69, 9.17) is 14.2 Å². The zero-order valence-electron chi connectivity index (χ0n) is 52.7. The molecule has 6 heteroatoms. The molecule has 0 N–H and O–H groups in total. The van der Waals surface area contributed by atoms with E-state index >= 15 is 0 Å². The van der Waals surface area contributed by atoms with Crippen LogP contribution in [0.5, 0.6) is 0 Å². The third-order valence-electron chi connectivity index (χ3n) is 13.4. The standard InChI is InChI=1S/C76H120O6/c1-4-7-10-13-16-19-22-25-28-31-33-35-36-37-38-39-40-42-43-45-48-51-54-57-60-63-66-69-75(78)81-72-73(71-80-74(77)68-65-62-59-56-53-50-47-30-27-24-21-18-15-12-9-6-3)82-76(79)70-67-64-61-58-55-52-49-46-44-41-34-32-29-26-23-20-17-14-11-8-5-2/h7-8,10-11,16-17,19-20,25-26,28-30,33-35,37-38,40-42,45-49,55,58,73H,4-6,9,12-15,18,21-24,27,31-32,36,39,43-44,50-54,56-57,59-72H2,1-3H3/b10-7-,11-8-,19-16-,20-17-,28-25-,29-26-,35-33-,38-37-,41-34-,42-40-,47-30-,48-45-,49-46-,58-55-. The average molecular weight is 1130 g/mol. The Morgan fingerprint density at radius 3 is 0.780 bits per heavy atom. The molecular formula is C76H120O6. The van der Waals surface area contributed by atoms with E-state index in [0.29, 0.717) is 19.3 Å². The molecule has 0 saturated carbocycles. The summed E-state index contributed by atoms with van der Waals surface area (Å²) in [6, 6.07) is 0. The fourth-order valence-electron chi connectivity index (χ4n) is 8.54. The summed E-state index contributed by atoms with van der Waals surface area (Å²) >= 11 is 0. The van der Waals surface area contributed by atoms with Crippen molar-refractivity contribution in [3.8, 4) is 0 Å². The van der Waals surface area contributed by atoms with E-state index in [0.717, 1.165) is 167 Å². The molecule has 0 aromatic heterocycles. The Hall–Kier alpha value is -5.23. The van der Waals surface area contributed by atoms with Gasteiger partial charge in [-0.2, -0.15) is 0 Å². The molecule has 0 amide bonds. The maximum Gasteiger partial charge on any atom is 0.306 e. The maximum absolute atomic E-state index is 12.9. The van der Waals surface area contributed by atoms with Crippen LogP contribution in [0.3, 0.4) is 0 Å². The summed E-state index contributed by atoms with van der Waals surface area (Å²) in [7, 11) is 0. The van der Waals surface area contributed by atoms with Gasteiger partial charge in [0.25, 0.3) is 0 Å². The van der Waals surface area contributed by atoms with Crippen LogP contribution in [0.15, 0.2) is 170 Å². The second-order valence-electron chi connectivity index (χ2n) is 21.3. The number of carbonyl (C=O) groups is 3. The molecule has 0 aliphatic heterocycles. The van der Waals surface area contributed by atoms with Crippen molar-refractivity contribution in [1.82, 2.24) is 0 Å². The minimum atomic E-state index is -0.824. The Morgan fingerprint density at radius 1 is 0.256 bits per heavy atom. The van der Waals surface area contributed by atoms with Crippen molar-refractivity contribution in [1.29, 1.82) is 0 Å². The average Bonchev–Trinajstić information content (AvgIpc) is 3.47. The van der Waals surface area contributed by atoms with E-state index in [9.17, 15) is 14.4 Å². The quantitative estimate of drug-likeness (QED) is 0.0261. The first-order chi connectivity index (χ1) is 40.5. The van der Waals surface area contributed by atoms with Gasteiger partial charge in [0.05, 0.1) is 0 Å². The SMILES string of the molecule is CC/C=C\C/C=C\C/C=C\C/C=C\C/C=C\C/C=C\C/C=C\CCCCCCCC(=O)OCC(COC(=O)CCCCCCC/C=C\CCCCCCCCC)OC(=O)CCCC/C=C\C/C=C\C/C=C\C/C=C\C/C=C\C/C=C\CC. The third-order valence-corrected chi connectivity index (χ3v) is 13.4. The topological polar surface area (TPSA) is 78.9 Å². The molecule has 0 aromatic rings. The Kier molecular flexibility index (Phi) is 63.9. The lowest BCUT2D eigenvalue weighted by Gasteiger charge is -2.18. The first-order valence-corrected chi connectivity index (χ1v) is 33.1. The van der Waals surface area contributed by atoms with Gasteiger partial charge in [-0.1, -0.05) is 268 Å². The molecule has 0 rings (SSSR count). The van der Waals surface area contributed by atoms with Gasteiger partial charge in [0.2, 0.25) is 0 Å². The molecule has 82 heavy (non-hydrogen) atoms. The molecule has 6 nitrogen and oxygen atoms in total. The van der Waals surface area contributed by atoms with Crippen molar-refractivity contribution in [3.63, 3.8) is 0 Å². The highest BCUT2D eigenvalue weighted by atomic mass is 16.6. The lowest BCUT2D eigenvalue weighted by atomic mass is 10.1. The minimum Gasteiger partial charge on any atom is -0.462 e. The van der Waals surface area contributed by atoms with Gasteiger partial charge >= 0.3 is 17.9 Å². The Labute approximate surface area is 504 Å². The molecule has 460 valence electrons. The molecule has 0 aliphatic carbocycles. The third kappa shape index (κ3) is 65.6. The number of ether oxygens (including phenoxy) is 3. The lowest BCUT2D eigenvalue weighted by Crippen LogP contribution is -2.30. The number of unbranched alkanes of at least 4 members (excludes halogenated alkanes) is 19. The van der Waals surface area contributed by atoms with E-state index in [-0.39, 0.29) is 37.5 Å². The summed E-state index contributed by atoms with van der Waals surface area (Å²) in [4.78, 5) is 38.4. The fourth-order valence-corrected chi connectivity index (χ4v) is 8.54. The summed E-state index contributed by atoms with van der Waals surface area (Å²) in [5.74, 6) is -0.988. The maximum atomic E-state index is 12.9. The zero-order valence-corrected chi connectivity index (χ0v) is 52.7. The van der Waals surface area contributed by atoms with Crippen LogP contribution in [0.4, 0.5) is 0 Å². The van der Waals surface area contributed by atoms with E-state index in [1.165, 1.54) is 57.8 Å². The number of hydrogen-bond donors (Lipinski definition) is 0. The van der Waals surface area contributed by atoms with E-state index in [1.54, 1.807) is 0 Å². The molecule has 1 unspecified atom stereocenters. The van der Waals surface area contributed by atoms with Gasteiger partial charge in [-0.3, -0.25) is 14.4 Å². The van der Waals surface area contributed by atoms with Crippen molar-refractivity contribution >= 4 is 17.9 Å². The van der Waals surface area contributed by atoms with Crippen molar-refractivity contribution in [2.75, 3.05) is 13.2 Å². The van der Waals surface area contributed by atoms with Gasteiger partial charge in [-0.25, -0.2) is 0 Å². The molecule has 0 fully saturated rings. The number of rotatable bonds is 58. The van der Waals surface area contributed by atoms with Crippen LogP contribution in [-0.2, 0) is 28.6 Å². The Balaban J connectivity index is 4.53. The lowest BCUT2D eigenvalue weighted by molar-refractivity contribution is -0.167. The van der Waals surface area contributed by atoms with E-state index in [2.05, 4.69) is 191 Å². The highest BCUT2D eigenvalue weighted by Gasteiger charge is 2.19. The van der Waals surface area contributed by atoms with Crippen molar-refractivity contribution in [2.24, 2.45) is 0 Å². The summed E-state index contributed by atoms with van der Waals surface area (Å²) in [5.41, 5.74) is 0. The predicted molar refractivity (Wildman–Crippen MR) is 357 cm³/mol. The highest BCUT2D eigenvalue weighted by Crippen LogP contribution is 2.14. The predicted octanol–water partition coefficient (Wildman–Crippen LogP) is 23.0. The van der Waals surface area contributed by atoms with Gasteiger partial charge in [-0.05, 0) is 154 Å². The molecule has 0 radical (unpaired) electrons. The molecule has 0 aliphatic rings. The normalized spacial score (nSPS) is 13.3. The first kappa shape index (κ1) is 76.8. The summed E-state index contributed by atoms with van der Waals surface area (Å²) in [6.45, 7) is 6.35. The minimum absolute atomic E-state index is 0.114. The smallest absolute Gasteiger partial charge is 0.306 e. The van der Waals surface area contributed by atoms with Crippen LogP contribution in [0.25, 0.3) is 0 Å². The monoisotopic (exact) mass is 1130 g/mol. The van der Waals surface area contributed by atoms with Crippen molar-refractivity contribution in [3.05, 3.63) is 170 Å². The number of esters is 3. The number of hydrogen-bond acceptors (Lipinski definition) is 6. The summed E-state index contributed by atoms with van der Waals surface area (Å²) < 4.78 is 16.9. The van der Waals surface area contributed by atoms with Crippen LogP contribution in [0, 0.1) is 0 Å². The molecule has 0 bridgehead atoms. The summed E-state index contributed by atoms with van der Waals surface area (Å²) in [6.07, 6.45) is 101. The van der Waals surface area contributed by atoms with Crippen LogP contribution in [0.1, 0.15) is 271 Å². The van der Waals surface area contributed by atoms with Crippen LogP contribution >= 0.6 is 0 Å². The van der Waals surface area contributed by atoms with Gasteiger partial charge in [0.1, 0.15) is 13.2 Å². The van der Waals surface area contributed by atoms with Crippen LogP contribution in [-0.4, -0.2) is 37.2 Å². The van der Waals surface area contributed by atoms with Gasteiger partial charge in [0, 0.05) is 19.3 Å². The van der Waals surface area contributed by atoms with E-state index < -0.39 is 6.10 Å². The van der Waals surface area contributed by atoms with Crippen LogP contribution < -0.4 is 0 Å². The first-order valence-electron chi connectivity index (χ1n) is 33.1. The van der Waals surface area contributed by atoms with E-state index in [1.807, 2.05) is 0 Å². The van der Waals surface area contributed by atoms with Gasteiger partial charge in [0.15, 0.2) is 6.10 Å². The Morgan fingerprint density at radius 2 is 0.476 bits per heavy atom.